The first-order valence-corrected chi connectivity index (χ1v) is 8.06. The van der Waals surface area contributed by atoms with Crippen LogP contribution in [0.25, 0.3) is 5.57 Å². The van der Waals surface area contributed by atoms with Crippen LogP contribution in [0.2, 0.25) is 10.0 Å². The molecule has 7 heteroatoms. The second-order valence-electron chi connectivity index (χ2n) is 5.36. The number of nitrogens with zero attached hydrogens (tertiary/aromatic N) is 1. The molecule has 2 aromatic rings. The van der Waals surface area contributed by atoms with Gasteiger partial charge in [0.2, 0.25) is 0 Å². The van der Waals surface area contributed by atoms with Crippen LogP contribution in [-0.2, 0) is 16.1 Å². The minimum Gasteiger partial charge on any atom is -0.502 e. The van der Waals surface area contributed by atoms with Crippen molar-refractivity contribution in [2.75, 3.05) is 7.11 Å². The van der Waals surface area contributed by atoms with Crippen molar-refractivity contribution in [2.24, 2.45) is 0 Å². The zero-order chi connectivity index (χ0) is 18.1. The smallest absolute Gasteiger partial charge is 0.296 e. The van der Waals surface area contributed by atoms with Gasteiger partial charge in [0, 0.05) is 16.1 Å². The number of amides is 2. The van der Waals surface area contributed by atoms with Gasteiger partial charge in [0.1, 0.15) is 5.75 Å². The van der Waals surface area contributed by atoms with Gasteiger partial charge in [-0.2, -0.15) is 0 Å². The average Bonchev–Trinajstić information content (AvgIpc) is 2.80. The number of benzene rings is 2. The first-order chi connectivity index (χ1) is 11.9. The van der Waals surface area contributed by atoms with Gasteiger partial charge < -0.3 is 9.84 Å². The van der Waals surface area contributed by atoms with Gasteiger partial charge >= 0.3 is 0 Å². The molecule has 1 heterocycles. The van der Waals surface area contributed by atoms with Gasteiger partial charge in [0.05, 0.1) is 24.3 Å². The molecule has 0 atom stereocenters. The molecule has 1 aliphatic heterocycles. The minimum absolute atomic E-state index is 0.0273. The van der Waals surface area contributed by atoms with Crippen LogP contribution < -0.4 is 4.74 Å². The van der Waals surface area contributed by atoms with E-state index in [0.717, 1.165) is 4.90 Å². The Morgan fingerprint density at radius 3 is 2.48 bits per heavy atom. The molecule has 128 valence electrons. The van der Waals surface area contributed by atoms with Crippen LogP contribution in [0.15, 0.2) is 48.2 Å². The van der Waals surface area contributed by atoms with E-state index >= 15 is 0 Å². The summed E-state index contributed by atoms with van der Waals surface area (Å²) in [5.41, 5.74) is 0.758. The zero-order valence-corrected chi connectivity index (χ0v) is 14.6. The molecule has 0 unspecified atom stereocenters. The van der Waals surface area contributed by atoms with Crippen molar-refractivity contribution < 1.29 is 19.4 Å². The number of aliphatic hydroxyl groups excluding tert-OH is 1. The van der Waals surface area contributed by atoms with E-state index in [4.69, 9.17) is 27.9 Å². The van der Waals surface area contributed by atoms with Gasteiger partial charge in [0.25, 0.3) is 11.8 Å². The molecule has 1 N–H and O–H groups in total. The number of hydrogen-bond donors (Lipinski definition) is 1. The summed E-state index contributed by atoms with van der Waals surface area (Å²) in [6.45, 7) is -0.0273. The van der Waals surface area contributed by atoms with E-state index in [2.05, 4.69) is 0 Å². The largest absolute Gasteiger partial charge is 0.502 e. The first-order valence-electron chi connectivity index (χ1n) is 7.30. The predicted molar refractivity (Wildman–Crippen MR) is 94.6 cm³/mol. The summed E-state index contributed by atoms with van der Waals surface area (Å²) in [7, 11) is 1.50. The summed E-state index contributed by atoms with van der Waals surface area (Å²) in [6, 6.07) is 11.5. The molecular weight excluding hydrogens is 365 g/mol. The van der Waals surface area contributed by atoms with E-state index in [-0.39, 0.29) is 22.7 Å². The molecule has 1 aliphatic rings. The highest BCUT2D eigenvalue weighted by molar-refractivity contribution is 6.40. The molecule has 5 nitrogen and oxygen atoms in total. The fraction of sp³-hybridized carbons (Fsp3) is 0.111. The van der Waals surface area contributed by atoms with Gasteiger partial charge in [-0.25, -0.2) is 0 Å². The van der Waals surface area contributed by atoms with E-state index in [0.29, 0.717) is 16.3 Å². The van der Waals surface area contributed by atoms with Gasteiger partial charge in [0.15, 0.2) is 5.76 Å². The number of halogens is 2. The van der Waals surface area contributed by atoms with Crippen LogP contribution in [0.1, 0.15) is 11.1 Å². The molecule has 3 rings (SSSR count). The van der Waals surface area contributed by atoms with E-state index in [9.17, 15) is 14.7 Å². The minimum atomic E-state index is -0.781. The maximum atomic E-state index is 12.7. The normalized spacial score (nSPS) is 14.4. The molecule has 0 aromatic heterocycles. The number of carbonyl (C=O) groups excluding carboxylic acids is 2. The van der Waals surface area contributed by atoms with Crippen molar-refractivity contribution in [1.29, 1.82) is 0 Å². The van der Waals surface area contributed by atoms with Crippen LogP contribution in [0.3, 0.4) is 0 Å². The molecule has 0 spiro atoms. The highest BCUT2D eigenvalue weighted by Crippen LogP contribution is 2.35. The van der Waals surface area contributed by atoms with Crippen LogP contribution in [0.5, 0.6) is 5.75 Å². The van der Waals surface area contributed by atoms with Crippen LogP contribution >= 0.6 is 23.2 Å². The third kappa shape index (κ3) is 3.08. The Balaban J connectivity index is 1.97. The summed E-state index contributed by atoms with van der Waals surface area (Å²) in [6.07, 6.45) is 0. The predicted octanol–water partition coefficient (Wildman–Crippen LogP) is 3.84. The van der Waals surface area contributed by atoms with Gasteiger partial charge in [-0.3, -0.25) is 14.5 Å². The number of para-hydroxylation sites is 1. The van der Waals surface area contributed by atoms with E-state index in [1.54, 1.807) is 24.3 Å². The maximum absolute atomic E-state index is 12.7. The van der Waals surface area contributed by atoms with Crippen molar-refractivity contribution >= 4 is 40.6 Å². The van der Waals surface area contributed by atoms with Gasteiger partial charge in [-0.05, 0) is 18.2 Å². The fourth-order valence-corrected chi connectivity index (χ4v) is 3.15. The number of ether oxygens (including phenoxy) is 1. The topological polar surface area (TPSA) is 66.8 Å². The Kier molecular flexibility index (Phi) is 4.70. The average molecular weight is 378 g/mol. The lowest BCUT2D eigenvalue weighted by atomic mass is 10.1. The molecule has 0 saturated heterocycles. The monoisotopic (exact) mass is 377 g/mol. The SMILES string of the molecule is COc1ccccc1CN1C(=O)C(O)=C(c2ccc(Cl)cc2Cl)C1=O. The van der Waals surface area contributed by atoms with Crippen molar-refractivity contribution in [2.45, 2.75) is 6.54 Å². The highest BCUT2D eigenvalue weighted by Gasteiger charge is 2.40. The van der Waals surface area contributed by atoms with Gasteiger partial charge in [-0.1, -0.05) is 47.5 Å². The third-order valence-electron chi connectivity index (χ3n) is 3.87. The van der Waals surface area contributed by atoms with Crippen LogP contribution in [0.4, 0.5) is 0 Å². The Hall–Kier alpha value is -2.50. The van der Waals surface area contributed by atoms with E-state index in [1.807, 2.05) is 0 Å². The molecule has 2 aromatic carbocycles. The summed E-state index contributed by atoms with van der Waals surface area (Å²) < 4.78 is 5.24. The number of imide groups is 1. The summed E-state index contributed by atoms with van der Waals surface area (Å²) in [5, 5.41) is 10.8. The lowest BCUT2D eigenvalue weighted by Crippen LogP contribution is -2.31. The standard InChI is InChI=1S/C18H13Cl2NO4/c1-25-14-5-3-2-4-10(14)9-21-17(23)15(16(22)18(21)24)12-7-6-11(19)8-13(12)20/h2-8,22H,9H2,1H3. The van der Waals surface area contributed by atoms with Crippen molar-refractivity contribution in [3.8, 4) is 5.75 Å². The zero-order valence-electron chi connectivity index (χ0n) is 13.1. The second kappa shape index (κ2) is 6.78. The summed E-state index contributed by atoms with van der Waals surface area (Å²) in [5.74, 6) is -1.50. The quantitative estimate of drug-likeness (QED) is 0.821. The number of hydrogen-bond acceptors (Lipinski definition) is 4. The molecule has 0 aliphatic carbocycles. The summed E-state index contributed by atoms with van der Waals surface area (Å²) in [4.78, 5) is 26.0. The Bertz CT molecular complexity index is 908. The second-order valence-corrected chi connectivity index (χ2v) is 6.20. The molecule has 0 fully saturated rings. The Morgan fingerprint density at radius 1 is 1.08 bits per heavy atom. The van der Waals surface area contributed by atoms with Crippen LogP contribution in [0, 0.1) is 0 Å². The lowest BCUT2D eigenvalue weighted by molar-refractivity contribution is -0.138. The fourth-order valence-electron chi connectivity index (χ4n) is 2.65. The third-order valence-corrected chi connectivity index (χ3v) is 4.41. The molecule has 2 amide bonds. The van der Waals surface area contributed by atoms with Crippen molar-refractivity contribution in [3.63, 3.8) is 0 Å². The molecular formula is C18H13Cl2NO4. The Morgan fingerprint density at radius 2 is 1.80 bits per heavy atom. The van der Waals surface area contributed by atoms with E-state index in [1.165, 1.54) is 25.3 Å². The lowest BCUT2D eigenvalue weighted by Gasteiger charge is -2.16. The van der Waals surface area contributed by atoms with Crippen molar-refractivity contribution in [3.05, 3.63) is 69.4 Å². The molecule has 0 saturated carbocycles. The molecule has 0 radical (unpaired) electrons. The van der Waals surface area contributed by atoms with Gasteiger partial charge in [-0.15, -0.1) is 0 Å². The number of carbonyl (C=O) groups is 2. The number of aliphatic hydroxyl groups is 1. The maximum Gasteiger partial charge on any atom is 0.296 e. The summed E-state index contributed by atoms with van der Waals surface area (Å²) >= 11 is 12.0. The van der Waals surface area contributed by atoms with Crippen LogP contribution in [-0.4, -0.2) is 28.9 Å². The number of methoxy groups -OCH3 is 1. The molecule has 0 bridgehead atoms. The first kappa shape index (κ1) is 17.3. The van der Waals surface area contributed by atoms with Crippen molar-refractivity contribution in [1.82, 2.24) is 4.90 Å². The number of rotatable bonds is 4. The highest BCUT2D eigenvalue weighted by atomic mass is 35.5. The molecule has 25 heavy (non-hydrogen) atoms. The van der Waals surface area contributed by atoms with E-state index < -0.39 is 17.6 Å². The Labute approximate surface area is 154 Å².